The van der Waals surface area contributed by atoms with Crippen LogP contribution in [0.4, 0.5) is 5.69 Å². The van der Waals surface area contributed by atoms with E-state index in [4.69, 9.17) is 5.73 Å². The van der Waals surface area contributed by atoms with E-state index in [2.05, 4.69) is 19.1 Å². The third-order valence-corrected chi connectivity index (χ3v) is 1.97. The Labute approximate surface area is 80.3 Å². The molecular formula is C12H17N. The molecule has 1 aromatic rings. The van der Waals surface area contributed by atoms with Crippen molar-refractivity contribution in [2.24, 2.45) is 0 Å². The Bertz CT molecular complexity index is 259. The number of anilines is 1. The first-order chi connectivity index (χ1) is 6.33. The van der Waals surface area contributed by atoms with Gasteiger partial charge in [-0.1, -0.05) is 44.1 Å². The van der Waals surface area contributed by atoms with Crippen LogP contribution in [-0.2, 0) is 0 Å². The minimum absolute atomic E-state index is 0.825. The van der Waals surface area contributed by atoms with Crippen LogP contribution >= 0.6 is 0 Å². The molecule has 0 unspecified atom stereocenters. The molecule has 0 spiro atoms. The van der Waals surface area contributed by atoms with E-state index in [1.165, 1.54) is 24.8 Å². The van der Waals surface area contributed by atoms with Crippen molar-refractivity contribution in [3.05, 3.63) is 35.9 Å². The quantitative estimate of drug-likeness (QED) is 0.550. The second kappa shape index (κ2) is 5.41. The van der Waals surface area contributed by atoms with Crippen LogP contribution in [0.1, 0.15) is 31.7 Å². The zero-order chi connectivity index (χ0) is 9.52. The molecule has 2 N–H and O–H groups in total. The van der Waals surface area contributed by atoms with Gasteiger partial charge in [-0.15, -0.1) is 0 Å². The highest BCUT2D eigenvalue weighted by Crippen LogP contribution is 2.08. The first-order valence-electron chi connectivity index (χ1n) is 4.85. The number of nitrogens with two attached hydrogens (primary N) is 1. The van der Waals surface area contributed by atoms with E-state index in [-0.39, 0.29) is 0 Å². The average molecular weight is 175 g/mol. The molecule has 0 atom stereocenters. The van der Waals surface area contributed by atoms with Gasteiger partial charge in [-0.25, -0.2) is 0 Å². The summed E-state index contributed by atoms with van der Waals surface area (Å²) in [7, 11) is 0. The Hall–Kier alpha value is -1.24. The van der Waals surface area contributed by atoms with Crippen molar-refractivity contribution in [3.63, 3.8) is 0 Å². The zero-order valence-electron chi connectivity index (χ0n) is 8.16. The van der Waals surface area contributed by atoms with Crippen LogP contribution in [0.25, 0.3) is 6.08 Å². The summed E-state index contributed by atoms with van der Waals surface area (Å²) < 4.78 is 0. The highest BCUT2D eigenvalue weighted by atomic mass is 14.5. The molecule has 0 aliphatic rings. The zero-order valence-corrected chi connectivity index (χ0v) is 8.16. The molecule has 1 aromatic carbocycles. The summed E-state index contributed by atoms with van der Waals surface area (Å²) in [4.78, 5) is 0. The van der Waals surface area contributed by atoms with Crippen LogP contribution in [0, 0.1) is 0 Å². The number of allylic oxidation sites excluding steroid dienone is 1. The van der Waals surface area contributed by atoms with Gasteiger partial charge in [0, 0.05) is 5.69 Å². The maximum absolute atomic E-state index is 5.58. The summed E-state index contributed by atoms with van der Waals surface area (Å²) in [5, 5.41) is 0. The second-order valence-electron chi connectivity index (χ2n) is 3.21. The topological polar surface area (TPSA) is 26.0 Å². The van der Waals surface area contributed by atoms with Crippen molar-refractivity contribution in [2.75, 3.05) is 5.73 Å². The molecule has 0 fully saturated rings. The molecule has 0 aliphatic carbocycles. The molecule has 1 heteroatoms. The van der Waals surface area contributed by atoms with E-state index in [1.54, 1.807) is 0 Å². The smallest absolute Gasteiger partial charge is 0.0314 e. The minimum Gasteiger partial charge on any atom is -0.399 e. The van der Waals surface area contributed by atoms with Gasteiger partial charge in [0.2, 0.25) is 0 Å². The van der Waals surface area contributed by atoms with Crippen molar-refractivity contribution < 1.29 is 0 Å². The number of benzene rings is 1. The molecule has 0 saturated carbocycles. The van der Waals surface area contributed by atoms with Crippen molar-refractivity contribution in [1.29, 1.82) is 0 Å². The number of unbranched alkanes of at least 4 members (excludes halogenated alkanes) is 2. The fraction of sp³-hybridized carbons (Fsp3) is 0.333. The SMILES string of the molecule is CCCCC=Cc1ccc(N)cc1. The molecule has 0 saturated heterocycles. The second-order valence-corrected chi connectivity index (χ2v) is 3.21. The summed E-state index contributed by atoms with van der Waals surface area (Å²) in [6, 6.07) is 7.94. The molecular weight excluding hydrogens is 158 g/mol. The number of nitrogen functional groups attached to an aromatic ring is 1. The highest BCUT2D eigenvalue weighted by molar-refractivity contribution is 5.53. The number of hydrogen-bond donors (Lipinski definition) is 1. The fourth-order valence-corrected chi connectivity index (χ4v) is 1.15. The standard InChI is InChI=1S/C12H17N/c1-2-3-4-5-6-11-7-9-12(13)10-8-11/h5-10H,2-4,13H2,1H3. The van der Waals surface area contributed by atoms with Gasteiger partial charge >= 0.3 is 0 Å². The van der Waals surface area contributed by atoms with E-state index in [0.717, 1.165) is 5.69 Å². The normalized spacial score (nSPS) is 10.8. The molecule has 0 amide bonds. The van der Waals surface area contributed by atoms with Crippen LogP contribution < -0.4 is 5.73 Å². The van der Waals surface area contributed by atoms with Gasteiger partial charge < -0.3 is 5.73 Å². The maximum atomic E-state index is 5.58. The first-order valence-corrected chi connectivity index (χ1v) is 4.85. The van der Waals surface area contributed by atoms with Crippen molar-refractivity contribution in [3.8, 4) is 0 Å². The highest BCUT2D eigenvalue weighted by Gasteiger charge is 1.85. The lowest BCUT2D eigenvalue weighted by Crippen LogP contribution is -1.82. The van der Waals surface area contributed by atoms with Crippen molar-refractivity contribution in [1.82, 2.24) is 0 Å². The van der Waals surface area contributed by atoms with Crippen LogP contribution in [-0.4, -0.2) is 0 Å². The summed E-state index contributed by atoms with van der Waals surface area (Å²) in [5.41, 5.74) is 7.63. The largest absolute Gasteiger partial charge is 0.399 e. The predicted molar refractivity (Wildman–Crippen MR) is 59.4 cm³/mol. The van der Waals surface area contributed by atoms with Crippen LogP contribution in [0.3, 0.4) is 0 Å². The van der Waals surface area contributed by atoms with E-state index in [1.807, 2.05) is 24.3 Å². The van der Waals surface area contributed by atoms with Crippen LogP contribution in [0.5, 0.6) is 0 Å². The minimum atomic E-state index is 0.825. The lowest BCUT2D eigenvalue weighted by Gasteiger charge is -1.94. The Morgan fingerprint density at radius 2 is 1.92 bits per heavy atom. The van der Waals surface area contributed by atoms with Gasteiger partial charge in [0.1, 0.15) is 0 Å². The average Bonchev–Trinajstić information content (AvgIpc) is 2.15. The number of rotatable bonds is 4. The monoisotopic (exact) mass is 175 g/mol. The van der Waals surface area contributed by atoms with E-state index in [9.17, 15) is 0 Å². The van der Waals surface area contributed by atoms with E-state index in [0.29, 0.717) is 0 Å². The summed E-state index contributed by atoms with van der Waals surface area (Å²) >= 11 is 0. The van der Waals surface area contributed by atoms with Crippen LogP contribution in [0.15, 0.2) is 30.3 Å². The van der Waals surface area contributed by atoms with Crippen LogP contribution in [0.2, 0.25) is 0 Å². The van der Waals surface area contributed by atoms with Gasteiger partial charge in [0.05, 0.1) is 0 Å². The molecule has 0 aliphatic heterocycles. The van der Waals surface area contributed by atoms with Gasteiger partial charge in [-0.2, -0.15) is 0 Å². The fourth-order valence-electron chi connectivity index (χ4n) is 1.15. The van der Waals surface area contributed by atoms with Gasteiger partial charge in [0.15, 0.2) is 0 Å². The summed E-state index contributed by atoms with van der Waals surface area (Å²) in [6.45, 7) is 2.21. The molecule has 70 valence electrons. The summed E-state index contributed by atoms with van der Waals surface area (Å²) in [5.74, 6) is 0. The van der Waals surface area contributed by atoms with Crippen molar-refractivity contribution >= 4 is 11.8 Å². The van der Waals surface area contributed by atoms with Gasteiger partial charge in [-0.3, -0.25) is 0 Å². The maximum Gasteiger partial charge on any atom is 0.0314 e. The predicted octanol–water partition coefficient (Wildman–Crippen LogP) is 3.47. The molecule has 0 bridgehead atoms. The van der Waals surface area contributed by atoms with Crippen molar-refractivity contribution in [2.45, 2.75) is 26.2 Å². The van der Waals surface area contributed by atoms with Gasteiger partial charge in [0.25, 0.3) is 0 Å². The Morgan fingerprint density at radius 3 is 2.54 bits per heavy atom. The Kier molecular flexibility index (Phi) is 4.10. The third kappa shape index (κ3) is 3.79. The molecule has 1 nitrogen and oxygen atoms in total. The van der Waals surface area contributed by atoms with Gasteiger partial charge in [-0.05, 0) is 24.1 Å². The Morgan fingerprint density at radius 1 is 1.23 bits per heavy atom. The molecule has 0 aromatic heterocycles. The lowest BCUT2D eigenvalue weighted by atomic mass is 10.1. The third-order valence-electron chi connectivity index (χ3n) is 1.97. The molecule has 13 heavy (non-hydrogen) atoms. The number of hydrogen-bond acceptors (Lipinski definition) is 1. The molecule has 1 rings (SSSR count). The van der Waals surface area contributed by atoms with E-state index < -0.39 is 0 Å². The first kappa shape index (κ1) is 9.85. The summed E-state index contributed by atoms with van der Waals surface area (Å²) in [6.07, 6.45) is 8.06. The Balaban J connectivity index is 2.44. The molecule has 0 heterocycles. The molecule has 0 radical (unpaired) electrons. The van der Waals surface area contributed by atoms with E-state index >= 15 is 0 Å². The lowest BCUT2D eigenvalue weighted by molar-refractivity contribution is 0.816.